The van der Waals surface area contributed by atoms with Gasteiger partial charge >= 0.3 is 0 Å². The van der Waals surface area contributed by atoms with Gasteiger partial charge in [-0.25, -0.2) is 0 Å². The lowest BCUT2D eigenvalue weighted by molar-refractivity contribution is 0.895. The molecule has 0 spiro atoms. The molecule has 12 heavy (non-hydrogen) atoms. The van der Waals surface area contributed by atoms with Gasteiger partial charge in [0.05, 0.1) is 0 Å². The molecule has 0 fully saturated rings. The molecule has 0 aliphatic rings. The Morgan fingerprint density at radius 1 is 1.17 bits per heavy atom. The summed E-state index contributed by atoms with van der Waals surface area (Å²) in [6.07, 6.45) is 4.05. The number of unbranched alkanes of at least 4 members (excludes halogenated alkanes) is 1. The molecule has 0 amide bonds. The Balaban J connectivity index is 0.00000121. The summed E-state index contributed by atoms with van der Waals surface area (Å²) in [5.74, 6) is 0. The van der Waals surface area contributed by atoms with Crippen molar-refractivity contribution in [3.05, 3.63) is 30.3 Å². The molecule has 1 aromatic rings. The fraction of sp³-hybridized carbons (Fsp3) is 0.400. The monoisotopic (exact) mass is 202 g/mol. The van der Waals surface area contributed by atoms with Gasteiger partial charge in [0.25, 0.3) is 0 Å². The van der Waals surface area contributed by atoms with Crippen molar-refractivity contribution in [2.45, 2.75) is 19.8 Å². The minimum atomic E-state index is 0. The average Bonchev–Trinajstić information content (AvgIpc) is 2.07. The van der Waals surface area contributed by atoms with E-state index >= 15 is 0 Å². The maximum Gasteiger partial charge on any atom is -0.0271 e. The first-order valence-electron chi connectivity index (χ1n) is 4.22. The lowest BCUT2D eigenvalue weighted by Gasteiger charge is -1.98. The predicted octanol–water partition coefficient (Wildman–Crippen LogP) is 3.21. The third-order valence-corrected chi connectivity index (χ3v) is 2.98. The molecule has 68 valence electrons. The quantitative estimate of drug-likeness (QED) is 0.520. The van der Waals surface area contributed by atoms with E-state index in [0.29, 0.717) is 0 Å². The predicted molar refractivity (Wildman–Crippen MR) is 61.4 cm³/mol. The third-order valence-electron chi connectivity index (χ3n) is 1.63. The van der Waals surface area contributed by atoms with Gasteiger partial charge in [0.1, 0.15) is 0 Å². The zero-order chi connectivity index (χ0) is 7.94. The molecule has 1 rings (SSSR count). The van der Waals surface area contributed by atoms with E-state index in [-0.39, 0.29) is 12.4 Å². The van der Waals surface area contributed by atoms with Gasteiger partial charge in [-0.3, -0.25) is 0 Å². The molecule has 0 nitrogen and oxygen atoms in total. The molecule has 1 atom stereocenters. The van der Waals surface area contributed by atoms with Crippen molar-refractivity contribution in [2.24, 2.45) is 0 Å². The van der Waals surface area contributed by atoms with Gasteiger partial charge in [-0.2, -0.15) is 0 Å². The number of benzene rings is 1. The minimum absolute atomic E-state index is 0. The Morgan fingerprint density at radius 2 is 1.83 bits per heavy atom. The summed E-state index contributed by atoms with van der Waals surface area (Å²) in [4.78, 5) is 0. The van der Waals surface area contributed by atoms with Crippen LogP contribution in [-0.4, -0.2) is 6.16 Å². The topological polar surface area (TPSA) is 0 Å². The van der Waals surface area contributed by atoms with Gasteiger partial charge in [0.15, 0.2) is 0 Å². The molecule has 1 unspecified atom stereocenters. The molecule has 0 saturated carbocycles. The van der Waals surface area contributed by atoms with E-state index in [4.69, 9.17) is 0 Å². The van der Waals surface area contributed by atoms with Gasteiger partial charge < -0.3 is 0 Å². The van der Waals surface area contributed by atoms with E-state index in [1.807, 2.05) is 0 Å². The van der Waals surface area contributed by atoms with Crippen LogP contribution in [0.15, 0.2) is 30.3 Å². The van der Waals surface area contributed by atoms with Crippen molar-refractivity contribution < 1.29 is 0 Å². The van der Waals surface area contributed by atoms with Crippen LogP contribution in [0.1, 0.15) is 19.8 Å². The van der Waals surface area contributed by atoms with Gasteiger partial charge in [-0.15, -0.1) is 12.4 Å². The SMILES string of the molecule is CCCCPc1ccccc1.Cl. The molecular formula is C10H16ClP. The molecule has 0 aliphatic carbocycles. The minimum Gasteiger partial charge on any atom is -0.147 e. The number of hydrogen-bond acceptors (Lipinski definition) is 0. The Labute approximate surface area is 83.0 Å². The van der Waals surface area contributed by atoms with Crippen LogP contribution in [0, 0.1) is 0 Å². The Bertz CT molecular complexity index is 186. The highest BCUT2D eigenvalue weighted by atomic mass is 35.5. The van der Waals surface area contributed by atoms with Gasteiger partial charge in [-0.05, 0) is 17.9 Å². The van der Waals surface area contributed by atoms with Crippen LogP contribution in [0.3, 0.4) is 0 Å². The lowest BCUT2D eigenvalue weighted by atomic mass is 10.4. The first kappa shape index (κ1) is 11.9. The molecule has 0 heterocycles. The molecule has 0 bridgehead atoms. The highest BCUT2D eigenvalue weighted by molar-refractivity contribution is 7.47. The van der Waals surface area contributed by atoms with E-state index in [2.05, 4.69) is 37.3 Å². The molecule has 0 aliphatic heterocycles. The van der Waals surface area contributed by atoms with Gasteiger partial charge in [0, 0.05) is 0 Å². The van der Waals surface area contributed by atoms with E-state index in [1.54, 1.807) is 0 Å². The van der Waals surface area contributed by atoms with Crippen LogP contribution in [0.25, 0.3) is 0 Å². The third kappa shape index (κ3) is 4.74. The highest BCUT2D eigenvalue weighted by Crippen LogP contribution is 2.11. The molecule has 1 aromatic carbocycles. The zero-order valence-corrected chi connectivity index (χ0v) is 9.23. The van der Waals surface area contributed by atoms with Crippen LogP contribution < -0.4 is 5.30 Å². The Kier molecular flexibility index (Phi) is 7.54. The van der Waals surface area contributed by atoms with Gasteiger partial charge in [0.2, 0.25) is 0 Å². The molecular weight excluding hydrogens is 187 g/mol. The van der Waals surface area contributed by atoms with Gasteiger partial charge in [-0.1, -0.05) is 52.3 Å². The van der Waals surface area contributed by atoms with Crippen LogP contribution in [-0.2, 0) is 0 Å². The van der Waals surface area contributed by atoms with Crippen molar-refractivity contribution in [2.75, 3.05) is 6.16 Å². The second-order valence-electron chi connectivity index (χ2n) is 2.65. The number of hydrogen-bond donors (Lipinski definition) is 0. The van der Waals surface area contributed by atoms with Crippen LogP contribution in [0.2, 0.25) is 0 Å². The van der Waals surface area contributed by atoms with Crippen molar-refractivity contribution in [3.63, 3.8) is 0 Å². The molecule has 0 aromatic heterocycles. The number of rotatable bonds is 4. The fourth-order valence-electron chi connectivity index (χ4n) is 0.966. The van der Waals surface area contributed by atoms with E-state index in [9.17, 15) is 0 Å². The van der Waals surface area contributed by atoms with Crippen molar-refractivity contribution >= 4 is 26.3 Å². The first-order valence-corrected chi connectivity index (χ1v) is 5.43. The highest BCUT2D eigenvalue weighted by Gasteiger charge is 1.88. The Hall–Kier alpha value is -0.0600. The van der Waals surface area contributed by atoms with Crippen LogP contribution in [0.4, 0.5) is 0 Å². The zero-order valence-electron chi connectivity index (χ0n) is 7.42. The van der Waals surface area contributed by atoms with Crippen molar-refractivity contribution in [3.8, 4) is 0 Å². The van der Waals surface area contributed by atoms with Crippen molar-refractivity contribution in [1.82, 2.24) is 0 Å². The normalized spacial score (nSPS) is 10.1. The van der Waals surface area contributed by atoms with E-state index in [0.717, 1.165) is 8.58 Å². The summed E-state index contributed by atoms with van der Waals surface area (Å²) in [5, 5.41) is 1.50. The lowest BCUT2D eigenvalue weighted by Crippen LogP contribution is -1.92. The maximum absolute atomic E-state index is 2.25. The summed E-state index contributed by atoms with van der Waals surface area (Å²) in [7, 11) is 1.01. The van der Waals surface area contributed by atoms with Crippen molar-refractivity contribution in [1.29, 1.82) is 0 Å². The summed E-state index contributed by atoms with van der Waals surface area (Å²) >= 11 is 0. The molecule has 2 heteroatoms. The Morgan fingerprint density at radius 3 is 2.42 bits per heavy atom. The molecule has 0 saturated heterocycles. The van der Waals surface area contributed by atoms with E-state index in [1.165, 1.54) is 24.3 Å². The number of halogens is 1. The molecule has 0 radical (unpaired) electrons. The first-order chi connectivity index (χ1) is 5.43. The van der Waals surface area contributed by atoms with Crippen LogP contribution in [0.5, 0.6) is 0 Å². The summed E-state index contributed by atoms with van der Waals surface area (Å²) < 4.78 is 0. The second-order valence-corrected chi connectivity index (χ2v) is 4.08. The second kappa shape index (κ2) is 7.58. The van der Waals surface area contributed by atoms with E-state index < -0.39 is 0 Å². The average molecular weight is 203 g/mol. The summed E-state index contributed by atoms with van der Waals surface area (Å²) in [6, 6.07) is 10.7. The maximum atomic E-state index is 2.25. The smallest absolute Gasteiger partial charge is 0.0271 e. The summed E-state index contributed by atoms with van der Waals surface area (Å²) in [6.45, 7) is 2.25. The summed E-state index contributed by atoms with van der Waals surface area (Å²) in [5.41, 5.74) is 0. The van der Waals surface area contributed by atoms with Crippen LogP contribution >= 0.6 is 21.0 Å². The molecule has 0 N–H and O–H groups in total. The fourth-order valence-corrected chi connectivity index (χ4v) is 2.21. The largest absolute Gasteiger partial charge is 0.147 e. The standard InChI is InChI=1S/C10H15P.ClH/c1-2-3-9-11-10-7-5-4-6-8-10;/h4-8,11H,2-3,9H2,1H3;1H.